The highest BCUT2D eigenvalue weighted by Gasteiger charge is 2.13. The zero-order valence-electron chi connectivity index (χ0n) is 11.9. The monoisotopic (exact) mass is 275 g/mol. The summed E-state index contributed by atoms with van der Waals surface area (Å²) in [6.45, 7) is 4.69. The lowest BCUT2D eigenvalue weighted by molar-refractivity contribution is 0.205. The quantitative estimate of drug-likeness (QED) is 0.805. The number of hydrogen-bond acceptors (Lipinski definition) is 5. The van der Waals surface area contributed by atoms with E-state index in [4.69, 9.17) is 4.52 Å². The Bertz CT molecular complexity index is 511. The van der Waals surface area contributed by atoms with E-state index in [9.17, 15) is 5.11 Å². The van der Waals surface area contributed by atoms with Crippen LogP contribution in [0.3, 0.4) is 0 Å². The number of benzene rings is 1. The molecule has 0 amide bonds. The number of nitrogens with zero attached hydrogens (tertiary/aromatic N) is 2. The van der Waals surface area contributed by atoms with E-state index in [0.717, 1.165) is 5.56 Å². The summed E-state index contributed by atoms with van der Waals surface area (Å²) in [4.78, 5) is 4.35. The van der Waals surface area contributed by atoms with Crippen LogP contribution in [0.2, 0.25) is 0 Å². The van der Waals surface area contributed by atoms with Crippen molar-refractivity contribution < 1.29 is 9.63 Å². The van der Waals surface area contributed by atoms with Gasteiger partial charge in [0.15, 0.2) is 5.82 Å². The molecule has 0 bridgehead atoms. The molecule has 1 aromatic heterocycles. The minimum absolute atomic E-state index is 0.0412. The Balaban J connectivity index is 1.89. The number of aliphatic hydroxyl groups is 1. The van der Waals surface area contributed by atoms with Crippen LogP contribution in [0.15, 0.2) is 34.9 Å². The van der Waals surface area contributed by atoms with E-state index < -0.39 is 0 Å². The van der Waals surface area contributed by atoms with Gasteiger partial charge < -0.3 is 14.9 Å². The molecule has 5 nitrogen and oxygen atoms in total. The first-order valence-electron chi connectivity index (χ1n) is 6.88. The lowest BCUT2D eigenvalue weighted by Gasteiger charge is -2.18. The lowest BCUT2D eigenvalue weighted by atomic mass is 10.1. The van der Waals surface area contributed by atoms with Crippen molar-refractivity contribution in [1.29, 1.82) is 0 Å². The van der Waals surface area contributed by atoms with Gasteiger partial charge in [0.1, 0.15) is 0 Å². The van der Waals surface area contributed by atoms with Crippen LogP contribution in [0.5, 0.6) is 0 Å². The average molecular weight is 275 g/mol. The Labute approximate surface area is 119 Å². The highest BCUT2D eigenvalue weighted by molar-refractivity contribution is 5.18. The molecule has 5 heteroatoms. The fraction of sp³-hybridized carbons (Fsp3) is 0.467. The number of hydrogen-bond donors (Lipinski definition) is 2. The van der Waals surface area contributed by atoms with Gasteiger partial charge in [-0.3, -0.25) is 0 Å². The molecule has 0 fully saturated rings. The third-order valence-electron chi connectivity index (χ3n) is 3.23. The normalized spacial score (nSPS) is 12.8. The predicted octanol–water partition coefficient (Wildman–Crippen LogP) is 1.77. The van der Waals surface area contributed by atoms with Crippen LogP contribution < -0.4 is 5.32 Å². The van der Waals surface area contributed by atoms with E-state index in [1.165, 1.54) is 0 Å². The van der Waals surface area contributed by atoms with E-state index in [1.54, 1.807) is 0 Å². The minimum atomic E-state index is 0.0412. The van der Waals surface area contributed by atoms with Gasteiger partial charge in [0.05, 0.1) is 13.2 Å². The molecule has 0 radical (unpaired) electrons. The number of rotatable bonds is 7. The summed E-state index contributed by atoms with van der Waals surface area (Å²) in [5.74, 6) is 1.58. The first kappa shape index (κ1) is 14.7. The first-order chi connectivity index (χ1) is 9.69. The fourth-order valence-electron chi connectivity index (χ4n) is 1.94. The van der Waals surface area contributed by atoms with Gasteiger partial charge in [-0.2, -0.15) is 4.98 Å². The van der Waals surface area contributed by atoms with Crippen molar-refractivity contribution in [3.63, 3.8) is 0 Å². The van der Waals surface area contributed by atoms with Crippen molar-refractivity contribution in [2.45, 2.75) is 32.9 Å². The second kappa shape index (κ2) is 7.17. The Morgan fingerprint density at radius 3 is 2.65 bits per heavy atom. The van der Waals surface area contributed by atoms with Crippen molar-refractivity contribution in [3.8, 4) is 0 Å². The molecule has 1 aromatic carbocycles. The zero-order chi connectivity index (χ0) is 14.4. The van der Waals surface area contributed by atoms with E-state index in [-0.39, 0.29) is 12.6 Å². The molecular formula is C15H21N3O2. The molecule has 0 aliphatic heterocycles. The van der Waals surface area contributed by atoms with E-state index >= 15 is 0 Å². The van der Waals surface area contributed by atoms with Gasteiger partial charge in [-0.25, -0.2) is 0 Å². The summed E-state index contributed by atoms with van der Waals surface area (Å²) in [7, 11) is 0. The molecule has 2 aromatic rings. The largest absolute Gasteiger partial charge is 0.395 e. The molecular weight excluding hydrogens is 254 g/mol. The topological polar surface area (TPSA) is 71.2 Å². The van der Waals surface area contributed by atoms with Crippen LogP contribution in [0.1, 0.15) is 31.1 Å². The average Bonchev–Trinajstić information content (AvgIpc) is 2.88. The number of aromatic nitrogens is 2. The lowest BCUT2D eigenvalue weighted by Crippen LogP contribution is -2.36. The number of nitrogens with one attached hydrogen (secondary N) is 1. The maximum atomic E-state index is 9.25. The Hall–Kier alpha value is -1.72. The maximum absolute atomic E-state index is 9.25. The van der Waals surface area contributed by atoms with Crippen molar-refractivity contribution >= 4 is 0 Å². The highest BCUT2D eigenvalue weighted by Crippen LogP contribution is 2.07. The van der Waals surface area contributed by atoms with Crippen LogP contribution >= 0.6 is 0 Å². The Kier molecular flexibility index (Phi) is 5.26. The molecule has 0 spiro atoms. The van der Waals surface area contributed by atoms with E-state index in [2.05, 4.69) is 29.3 Å². The smallest absolute Gasteiger partial charge is 0.240 e. The molecule has 20 heavy (non-hydrogen) atoms. The summed E-state index contributed by atoms with van der Waals surface area (Å²) in [6, 6.07) is 10.1. The second-order valence-corrected chi connectivity index (χ2v) is 5.18. The first-order valence-corrected chi connectivity index (χ1v) is 6.88. The Morgan fingerprint density at radius 2 is 2.00 bits per heavy atom. The van der Waals surface area contributed by atoms with Gasteiger partial charge in [0, 0.05) is 12.5 Å². The van der Waals surface area contributed by atoms with Gasteiger partial charge in [-0.1, -0.05) is 49.3 Å². The van der Waals surface area contributed by atoms with Gasteiger partial charge >= 0.3 is 0 Å². The molecule has 0 aliphatic carbocycles. The van der Waals surface area contributed by atoms with Crippen molar-refractivity contribution in [2.75, 3.05) is 6.61 Å². The second-order valence-electron chi connectivity index (χ2n) is 5.18. The van der Waals surface area contributed by atoms with Crippen LogP contribution in [0.25, 0.3) is 0 Å². The van der Waals surface area contributed by atoms with Gasteiger partial charge in [-0.05, 0) is 11.5 Å². The summed E-state index contributed by atoms with van der Waals surface area (Å²) in [5.41, 5.74) is 1.16. The van der Waals surface area contributed by atoms with Crippen LogP contribution in [0.4, 0.5) is 0 Å². The van der Waals surface area contributed by atoms with Gasteiger partial charge in [0.25, 0.3) is 0 Å². The van der Waals surface area contributed by atoms with E-state index in [1.807, 2.05) is 30.3 Å². The molecule has 2 N–H and O–H groups in total. The van der Waals surface area contributed by atoms with Crippen LogP contribution in [-0.2, 0) is 13.0 Å². The zero-order valence-corrected chi connectivity index (χ0v) is 11.9. The van der Waals surface area contributed by atoms with Crippen molar-refractivity contribution in [1.82, 2.24) is 15.5 Å². The molecule has 0 unspecified atom stereocenters. The molecule has 0 aliphatic rings. The standard InChI is InChI=1S/C15H21N3O2/c1-11(2)13(10-19)16-9-15-17-14(18-20-15)8-12-6-4-3-5-7-12/h3-7,11,13,16,19H,8-10H2,1-2H3/t13-/m1/s1. The summed E-state index contributed by atoms with van der Waals surface area (Å²) in [5, 5.41) is 16.4. The van der Waals surface area contributed by atoms with Gasteiger partial charge in [0.2, 0.25) is 5.89 Å². The molecule has 1 atom stereocenters. The fourth-order valence-corrected chi connectivity index (χ4v) is 1.94. The van der Waals surface area contributed by atoms with Crippen molar-refractivity contribution in [2.24, 2.45) is 5.92 Å². The molecule has 0 saturated carbocycles. The van der Waals surface area contributed by atoms with E-state index in [0.29, 0.717) is 30.6 Å². The highest BCUT2D eigenvalue weighted by atomic mass is 16.5. The summed E-state index contributed by atoms with van der Waals surface area (Å²) < 4.78 is 5.21. The maximum Gasteiger partial charge on any atom is 0.240 e. The molecule has 108 valence electrons. The van der Waals surface area contributed by atoms with Crippen molar-refractivity contribution in [3.05, 3.63) is 47.6 Å². The molecule has 0 saturated heterocycles. The SMILES string of the molecule is CC(C)[C@@H](CO)NCc1nc(Cc2ccccc2)no1. The molecule has 2 rings (SSSR count). The Morgan fingerprint density at radius 1 is 1.25 bits per heavy atom. The third-order valence-corrected chi connectivity index (χ3v) is 3.23. The van der Waals surface area contributed by atoms with Gasteiger partial charge in [-0.15, -0.1) is 0 Å². The summed E-state index contributed by atoms with van der Waals surface area (Å²) >= 11 is 0. The minimum Gasteiger partial charge on any atom is -0.395 e. The third kappa shape index (κ3) is 4.15. The summed E-state index contributed by atoms with van der Waals surface area (Å²) in [6.07, 6.45) is 0.665. The van der Waals surface area contributed by atoms with Crippen LogP contribution in [-0.4, -0.2) is 27.9 Å². The molecule has 1 heterocycles. The van der Waals surface area contributed by atoms with Crippen LogP contribution in [0, 0.1) is 5.92 Å². The number of aliphatic hydroxyl groups excluding tert-OH is 1. The predicted molar refractivity (Wildman–Crippen MR) is 76.1 cm³/mol.